The highest BCUT2D eigenvalue weighted by Crippen LogP contribution is 2.07. The summed E-state index contributed by atoms with van der Waals surface area (Å²) in [6, 6.07) is 8.01. The molecule has 16 heavy (non-hydrogen) atoms. The van der Waals surface area contributed by atoms with E-state index in [0.29, 0.717) is 6.61 Å². The predicted molar refractivity (Wildman–Crippen MR) is 64.9 cm³/mol. The van der Waals surface area contributed by atoms with Crippen LogP contribution in [0.25, 0.3) is 6.08 Å². The fourth-order valence-corrected chi connectivity index (χ4v) is 1.26. The predicted octanol–water partition coefficient (Wildman–Crippen LogP) is 1.76. The normalized spacial score (nSPS) is 10.9. The van der Waals surface area contributed by atoms with Crippen molar-refractivity contribution in [2.45, 2.75) is 13.5 Å². The van der Waals surface area contributed by atoms with Gasteiger partial charge in [0.2, 0.25) is 0 Å². The van der Waals surface area contributed by atoms with Gasteiger partial charge in [0.15, 0.2) is 5.78 Å². The molecule has 0 aliphatic carbocycles. The largest absolute Gasteiger partial charge is 0.369 e. The third kappa shape index (κ3) is 4.38. The molecule has 0 heterocycles. The molecule has 0 radical (unpaired) electrons. The summed E-state index contributed by atoms with van der Waals surface area (Å²) in [5, 5.41) is 0. The second-order valence-corrected chi connectivity index (χ2v) is 3.48. The molecule has 0 unspecified atom stereocenters. The van der Waals surface area contributed by atoms with Crippen molar-refractivity contribution in [2.24, 2.45) is 5.73 Å². The van der Waals surface area contributed by atoms with Crippen LogP contribution in [0.3, 0.4) is 0 Å². The molecule has 0 atom stereocenters. The smallest absolute Gasteiger partial charge is 0.171 e. The zero-order valence-electron chi connectivity index (χ0n) is 9.48. The van der Waals surface area contributed by atoms with Crippen molar-refractivity contribution in [3.05, 3.63) is 41.5 Å². The van der Waals surface area contributed by atoms with Crippen LogP contribution in [0.15, 0.2) is 30.3 Å². The number of nitrogens with two attached hydrogens (primary N) is 1. The molecule has 1 rings (SSSR count). The molecule has 0 amide bonds. The van der Waals surface area contributed by atoms with Gasteiger partial charge in [-0.1, -0.05) is 36.4 Å². The SMILES string of the molecule is C/C=C/c1ccc(COCC(=O)CN)cc1. The van der Waals surface area contributed by atoms with E-state index in [1.54, 1.807) is 0 Å². The second-order valence-electron chi connectivity index (χ2n) is 3.48. The second kappa shape index (κ2) is 6.93. The molecule has 0 fully saturated rings. The Kier molecular flexibility index (Phi) is 5.46. The molecule has 0 saturated carbocycles. The Morgan fingerprint density at radius 2 is 2.06 bits per heavy atom. The van der Waals surface area contributed by atoms with E-state index < -0.39 is 0 Å². The van der Waals surface area contributed by atoms with Crippen LogP contribution in [0.4, 0.5) is 0 Å². The van der Waals surface area contributed by atoms with E-state index in [1.807, 2.05) is 43.3 Å². The van der Waals surface area contributed by atoms with E-state index in [-0.39, 0.29) is 18.9 Å². The maximum absolute atomic E-state index is 10.9. The minimum Gasteiger partial charge on any atom is -0.369 e. The molecule has 3 nitrogen and oxygen atoms in total. The number of allylic oxidation sites excluding steroid dienone is 1. The molecule has 0 spiro atoms. The van der Waals surface area contributed by atoms with Gasteiger partial charge in [-0.15, -0.1) is 0 Å². The van der Waals surface area contributed by atoms with Crippen molar-refractivity contribution in [3.8, 4) is 0 Å². The number of carbonyl (C=O) groups is 1. The Morgan fingerprint density at radius 3 is 2.62 bits per heavy atom. The van der Waals surface area contributed by atoms with Gasteiger partial charge in [-0.05, 0) is 18.1 Å². The Morgan fingerprint density at radius 1 is 1.38 bits per heavy atom. The monoisotopic (exact) mass is 219 g/mol. The van der Waals surface area contributed by atoms with E-state index in [1.165, 1.54) is 0 Å². The Labute approximate surface area is 95.9 Å². The summed E-state index contributed by atoms with van der Waals surface area (Å²) in [6.45, 7) is 2.56. The quantitative estimate of drug-likeness (QED) is 0.793. The van der Waals surface area contributed by atoms with Crippen LogP contribution in [-0.4, -0.2) is 18.9 Å². The first-order valence-electron chi connectivity index (χ1n) is 5.27. The van der Waals surface area contributed by atoms with Gasteiger partial charge in [0, 0.05) is 0 Å². The van der Waals surface area contributed by atoms with Crippen LogP contribution in [-0.2, 0) is 16.1 Å². The van der Waals surface area contributed by atoms with Gasteiger partial charge in [-0.3, -0.25) is 4.79 Å². The van der Waals surface area contributed by atoms with Gasteiger partial charge in [0.05, 0.1) is 13.2 Å². The van der Waals surface area contributed by atoms with Crippen LogP contribution in [0.2, 0.25) is 0 Å². The number of benzene rings is 1. The highest BCUT2D eigenvalue weighted by Gasteiger charge is 1.98. The van der Waals surface area contributed by atoms with Gasteiger partial charge in [0.25, 0.3) is 0 Å². The maximum Gasteiger partial charge on any atom is 0.171 e. The summed E-state index contributed by atoms with van der Waals surface area (Å²) in [7, 11) is 0. The summed E-state index contributed by atoms with van der Waals surface area (Å²) in [5.74, 6) is -0.0782. The molecule has 3 heteroatoms. The van der Waals surface area contributed by atoms with E-state index in [9.17, 15) is 4.79 Å². The molecule has 0 aliphatic heterocycles. The molecule has 1 aromatic rings. The molecule has 0 bridgehead atoms. The summed E-state index contributed by atoms with van der Waals surface area (Å²) in [6.07, 6.45) is 4.02. The molecular formula is C13H17NO2. The van der Waals surface area contributed by atoms with E-state index >= 15 is 0 Å². The number of ether oxygens (including phenoxy) is 1. The molecule has 2 N–H and O–H groups in total. The molecule has 1 aromatic carbocycles. The average Bonchev–Trinajstić information content (AvgIpc) is 2.31. The van der Waals surface area contributed by atoms with Crippen molar-refractivity contribution < 1.29 is 9.53 Å². The minimum absolute atomic E-state index is 0.0419. The van der Waals surface area contributed by atoms with Crippen LogP contribution >= 0.6 is 0 Å². The van der Waals surface area contributed by atoms with Crippen molar-refractivity contribution in [2.75, 3.05) is 13.2 Å². The molecule has 0 saturated heterocycles. The van der Waals surface area contributed by atoms with E-state index in [4.69, 9.17) is 10.5 Å². The van der Waals surface area contributed by atoms with Gasteiger partial charge >= 0.3 is 0 Å². The lowest BCUT2D eigenvalue weighted by Gasteiger charge is -2.03. The molecule has 0 aromatic heterocycles. The zero-order valence-corrected chi connectivity index (χ0v) is 9.48. The highest BCUT2D eigenvalue weighted by molar-refractivity contribution is 5.81. The number of hydrogen-bond acceptors (Lipinski definition) is 3. The lowest BCUT2D eigenvalue weighted by atomic mass is 10.1. The van der Waals surface area contributed by atoms with E-state index in [2.05, 4.69) is 0 Å². The topological polar surface area (TPSA) is 52.3 Å². The summed E-state index contributed by atoms with van der Waals surface area (Å²) in [5.41, 5.74) is 7.38. The molecule has 0 aliphatic rings. The van der Waals surface area contributed by atoms with Crippen LogP contribution in [0.1, 0.15) is 18.1 Å². The fourth-order valence-electron chi connectivity index (χ4n) is 1.26. The Hall–Kier alpha value is -1.45. The van der Waals surface area contributed by atoms with Crippen molar-refractivity contribution in [1.29, 1.82) is 0 Å². The van der Waals surface area contributed by atoms with Gasteiger partial charge in [0.1, 0.15) is 6.61 Å². The van der Waals surface area contributed by atoms with Crippen molar-refractivity contribution in [1.82, 2.24) is 0 Å². The average molecular weight is 219 g/mol. The minimum atomic E-state index is -0.0782. The first-order chi connectivity index (χ1) is 7.76. The molecule has 86 valence electrons. The first-order valence-corrected chi connectivity index (χ1v) is 5.27. The standard InChI is InChI=1S/C13H17NO2/c1-2-3-11-4-6-12(7-5-11)9-16-10-13(15)8-14/h2-7H,8-10,14H2,1H3/b3-2+. The third-order valence-corrected chi connectivity index (χ3v) is 2.10. The van der Waals surface area contributed by atoms with Crippen molar-refractivity contribution >= 4 is 11.9 Å². The third-order valence-electron chi connectivity index (χ3n) is 2.10. The van der Waals surface area contributed by atoms with Gasteiger partial charge in [-0.25, -0.2) is 0 Å². The summed E-state index contributed by atoms with van der Waals surface area (Å²) < 4.78 is 5.22. The number of Topliss-reactive ketones (excluding diaryl/α,β-unsaturated/α-hetero) is 1. The van der Waals surface area contributed by atoms with Gasteiger partial charge < -0.3 is 10.5 Å². The Bertz CT molecular complexity index is 355. The lowest BCUT2D eigenvalue weighted by molar-refractivity contribution is -0.122. The van der Waals surface area contributed by atoms with Crippen LogP contribution in [0.5, 0.6) is 0 Å². The summed E-state index contributed by atoms with van der Waals surface area (Å²) >= 11 is 0. The number of rotatable bonds is 6. The number of hydrogen-bond donors (Lipinski definition) is 1. The van der Waals surface area contributed by atoms with Crippen LogP contribution < -0.4 is 5.73 Å². The number of ketones is 1. The van der Waals surface area contributed by atoms with Gasteiger partial charge in [-0.2, -0.15) is 0 Å². The highest BCUT2D eigenvalue weighted by atomic mass is 16.5. The van der Waals surface area contributed by atoms with Crippen LogP contribution in [0, 0.1) is 0 Å². The lowest BCUT2D eigenvalue weighted by Crippen LogP contribution is -2.18. The fraction of sp³-hybridized carbons (Fsp3) is 0.308. The first kappa shape index (κ1) is 12.6. The van der Waals surface area contributed by atoms with E-state index in [0.717, 1.165) is 11.1 Å². The Balaban J connectivity index is 2.40. The molecular weight excluding hydrogens is 202 g/mol. The maximum atomic E-state index is 10.9. The number of carbonyl (C=O) groups excluding carboxylic acids is 1. The summed E-state index contributed by atoms with van der Waals surface area (Å²) in [4.78, 5) is 10.9. The zero-order chi connectivity index (χ0) is 11.8. The van der Waals surface area contributed by atoms with Crippen molar-refractivity contribution in [3.63, 3.8) is 0 Å².